The average molecular weight is 329 g/mol. The van der Waals surface area contributed by atoms with Crippen LogP contribution in [0.2, 0.25) is 0 Å². The van der Waals surface area contributed by atoms with Crippen molar-refractivity contribution in [1.82, 2.24) is 10.2 Å². The van der Waals surface area contributed by atoms with E-state index in [1.807, 2.05) is 11.8 Å². The third kappa shape index (κ3) is 3.76. The lowest BCUT2D eigenvalue weighted by Crippen LogP contribution is -2.48. The molecule has 1 aromatic carbocycles. The quantitative estimate of drug-likeness (QED) is 0.922. The second kappa shape index (κ2) is 6.48. The van der Waals surface area contributed by atoms with Crippen LogP contribution in [0, 0.1) is 11.7 Å². The summed E-state index contributed by atoms with van der Waals surface area (Å²) in [6.45, 7) is 5.20. The summed E-state index contributed by atoms with van der Waals surface area (Å²) >= 11 is 3.17. The Bertz CT molecular complexity index is 461. The van der Waals surface area contributed by atoms with Crippen molar-refractivity contribution in [2.24, 2.45) is 5.92 Å². The molecule has 0 aliphatic carbocycles. The van der Waals surface area contributed by atoms with Crippen molar-refractivity contribution in [2.45, 2.75) is 13.3 Å². The Kier molecular flexibility index (Phi) is 4.93. The Hall–Kier alpha value is -0.940. The van der Waals surface area contributed by atoms with Gasteiger partial charge in [0.25, 0.3) is 0 Å². The average Bonchev–Trinajstić information content (AvgIpc) is 2.43. The molecular weight excluding hydrogens is 311 g/mol. The van der Waals surface area contributed by atoms with E-state index >= 15 is 0 Å². The van der Waals surface area contributed by atoms with E-state index in [9.17, 15) is 9.18 Å². The molecule has 1 fully saturated rings. The first-order valence-corrected chi connectivity index (χ1v) is 7.30. The molecule has 1 heterocycles. The molecule has 0 radical (unpaired) electrons. The summed E-state index contributed by atoms with van der Waals surface area (Å²) in [5, 5.41) is 3.23. The fraction of sp³-hybridized carbons (Fsp3) is 0.500. The van der Waals surface area contributed by atoms with Crippen molar-refractivity contribution in [3.8, 4) is 0 Å². The summed E-state index contributed by atoms with van der Waals surface area (Å²) in [6, 6.07) is 4.92. The number of benzene rings is 1. The standard InChI is InChI=1S/C14H18BrFN2O/c1-10(14(19)18-6-4-17-5-7-18)8-11-2-3-13(16)12(15)9-11/h2-3,9-10,17H,4-8H2,1H3. The number of piperazine rings is 1. The van der Waals surface area contributed by atoms with Gasteiger partial charge in [-0.15, -0.1) is 0 Å². The van der Waals surface area contributed by atoms with Crippen LogP contribution in [0.5, 0.6) is 0 Å². The maximum atomic E-state index is 13.2. The van der Waals surface area contributed by atoms with Crippen molar-refractivity contribution >= 4 is 21.8 Å². The van der Waals surface area contributed by atoms with Crippen LogP contribution in [-0.2, 0) is 11.2 Å². The van der Waals surface area contributed by atoms with Crippen LogP contribution in [-0.4, -0.2) is 37.0 Å². The number of halogens is 2. The molecule has 1 unspecified atom stereocenters. The highest BCUT2D eigenvalue weighted by Crippen LogP contribution is 2.19. The first-order valence-electron chi connectivity index (χ1n) is 6.51. The minimum Gasteiger partial charge on any atom is -0.340 e. The second-order valence-corrected chi connectivity index (χ2v) is 5.78. The van der Waals surface area contributed by atoms with Gasteiger partial charge in [-0.1, -0.05) is 13.0 Å². The van der Waals surface area contributed by atoms with Gasteiger partial charge < -0.3 is 10.2 Å². The smallest absolute Gasteiger partial charge is 0.225 e. The van der Waals surface area contributed by atoms with Crippen molar-refractivity contribution in [3.05, 3.63) is 34.1 Å². The Morgan fingerprint density at radius 2 is 2.16 bits per heavy atom. The molecule has 0 spiro atoms. The van der Waals surface area contributed by atoms with E-state index in [0.29, 0.717) is 10.9 Å². The summed E-state index contributed by atoms with van der Waals surface area (Å²) in [4.78, 5) is 14.2. The second-order valence-electron chi connectivity index (χ2n) is 4.93. The normalized spacial score (nSPS) is 17.3. The van der Waals surface area contributed by atoms with Gasteiger partial charge >= 0.3 is 0 Å². The van der Waals surface area contributed by atoms with Gasteiger partial charge in [0.2, 0.25) is 5.91 Å². The lowest BCUT2D eigenvalue weighted by molar-refractivity contribution is -0.135. The summed E-state index contributed by atoms with van der Waals surface area (Å²) in [5.74, 6) is -0.165. The highest BCUT2D eigenvalue weighted by Gasteiger charge is 2.22. The zero-order chi connectivity index (χ0) is 13.8. The Morgan fingerprint density at radius 1 is 1.47 bits per heavy atom. The topological polar surface area (TPSA) is 32.3 Å². The molecule has 5 heteroatoms. The molecule has 1 saturated heterocycles. The number of hydrogen-bond donors (Lipinski definition) is 1. The lowest BCUT2D eigenvalue weighted by atomic mass is 9.99. The number of carbonyl (C=O) groups is 1. The predicted octanol–water partition coefficient (Wildman–Crippen LogP) is 2.20. The molecule has 1 aliphatic heterocycles. The minimum absolute atomic E-state index is 0.0736. The van der Waals surface area contributed by atoms with Crippen LogP contribution in [0.4, 0.5) is 4.39 Å². The fourth-order valence-electron chi connectivity index (χ4n) is 2.30. The summed E-state index contributed by atoms with van der Waals surface area (Å²) in [7, 11) is 0. The third-order valence-corrected chi connectivity index (χ3v) is 3.98. The number of nitrogens with zero attached hydrogens (tertiary/aromatic N) is 1. The van der Waals surface area contributed by atoms with E-state index in [1.165, 1.54) is 6.07 Å². The van der Waals surface area contributed by atoms with Gasteiger partial charge in [0.15, 0.2) is 0 Å². The molecule has 1 amide bonds. The van der Waals surface area contributed by atoms with Crippen molar-refractivity contribution in [3.63, 3.8) is 0 Å². The Morgan fingerprint density at radius 3 is 2.79 bits per heavy atom. The zero-order valence-electron chi connectivity index (χ0n) is 11.0. The molecule has 1 atom stereocenters. The van der Waals surface area contributed by atoms with Gasteiger partial charge in [-0.25, -0.2) is 4.39 Å². The fourth-order valence-corrected chi connectivity index (χ4v) is 2.73. The van der Waals surface area contributed by atoms with Gasteiger partial charge in [0.05, 0.1) is 4.47 Å². The maximum absolute atomic E-state index is 13.2. The number of nitrogens with one attached hydrogen (secondary N) is 1. The van der Waals surface area contributed by atoms with Crippen molar-refractivity contribution < 1.29 is 9.18 Å². The van der Waals surface area contributed by atoms with E-state index in [1.54, 1.807) is 12.1 Å². The number of carbonyl (C=O) groups excluding carboxylic acids is 1. The van der Waals surface area contributed by atoms with E-state index in [0.717, 1.165) is 31.7 Å². The van der Waals surface area contributed by atoms with E-state index < -0.39 is 0 Å². The predicted molar refractivity (Wildman–Crippen MR) is 76.4 cm³/mol. The number of hydrogen-bond acceptors (Lipinski definition) is 2. The molecule has 2 rings (SSSR count). The molecule has 104 valence electrons. The first kappa shape index (κ1) is 14.5. The van der Waals surface area contributed by atoms with Crippen LogP contribution >= 0.6 is 15.9 Å². The number of amides is 1. The van der Waals surface area contributed by atoms with Crippen LogP contribution in [0.3, 0.4) is 0 Å². The maximum Gasteiger partial charge on any atom is 0.225 e. The van der Waals surface area contributed by atoms with E-state index in [2.05, 4.69) is 21.2 Å². The molecule has 0 bridgehead atoms. The van der Waals surface area contributed by atoms with Crippen LogP contribution in [0.15, 0.2) is 22.7 Å². The monoisotopic (exact) mass is 328 g/mol. The van der Waals surface area contributed by atoms with Gasteiger partial charge in [0.1, 0.15) is 5.82 Å². The zero-order valence-corrected chi connectivity index (χ0v) is 12.5. The summed E-state index contributed by atoms with van der Waals surface area (Å²) < 4.78 is 13.6. The molecule has 1 N–H and O–H groups in total. The largest absolute Gasteiger partial charge is 0.340 e. The van der Waals surface area contributed by atoms with E-state index in [4.69, 9.17) is 0 Å². The summed E-state index contributed by atoms with van der Waals surface area (Å²) in [6.07, 6.45) is 0.641. The SMILES string of the molecule is CC(Cc1ccc(F)c(Br)c1)C(=O)N1CCNCC1. The van der Waals surface area contributed by atoms with Crippen LogP contribution in [0.25, 0.3) is 0 Å². The molecule has 19 heavy (non-hydrogen) atoms. The molecule has 3 nitrogen and oxygen atoms in total. The highest BCUT2D eigenvalue weighted by atomic mass is 79.9. The Balaban J connectivity index is 1.97. The molecule has 1 aromatic rings. The van der Waals surface area contributed by atoms with Crippen molar-refractivity contribution in [2.75, 3.05) is 26.2 Å². The third-order valence-electron chi connectivity index (χ3n) is 3.38. The first-order chi connectivity index (χ1) is 9.08. The number of rotatable bonds is 3. The molecule has 0 aromatic heterocycles. The molecule has 0 saturated carbocycles. The van der Waals surface area contributed by atoms with Gasteiger partial charge in [-0.3, -0.25) is 4.79 Å². The van der Waals surface area contributed by atoms with Gasteiger partial charge in [-0.05, 0) is 40.0 Å². The lowest BCUT2D eigenvalue weighted by Gasteiger charge is -2.29. The molecular formula is C14H18BrFN2O. The highest BCUT2D eigenvalue weighted by molar-refractivity contribution is 9.10. The van der Waals surface area contributed by atoms with Crippen LogP contribution < -0.4 is 5.32 Å². The van der Waals surface area contributed by atoms with Gasteiger partial charge in [0, 0.05) is 32.1 Å². The summed E-state index contributed by atoms with van der Waals surface area (Å²) in [5.41, 5.74) is 0.976. The Labute approximate surface area is 121 Å². The van der Waals surface area contributed by atoms with Gasteiger partial charge in [-0.2, -0.15) is 0 Å². The van der Waals surface area contributed by atoms with Crippen LogP contribution in [0.1, 0.15) is 12.5 Å². The minimum atomic E-state index is -0.273. The molecule has 1 aliphatic rings. The van der Waals surface area contributed by atoms with Crippen molar-refractivity contribution in [1.29, 1.82) is 0 Å². The van der Waals surface area contributed by atoms with E-state index in [-0.39, 0.29) is 17.6 Å².